The zero-order valence-electron chi connectivity index (χ0n) is 10.4. The third-order valence-electron chi connectivity index (χ3n) is 3.26. The number of benzene rings is 1. The molecule has 0 saturated carbocycles. The number of rotatable bonds is 3. The van der Waals surface area contributed by atoms with Crippen molar-refractivity contribution in [1.29, 1.82) is 0 Å². The summed E-state index contributed by atoms with van der Waals surface area (Å²) in [5.74, 6) is -1.47. The van der Waals surface area contributed by atoms with Gasteiger partial charge in [0.1, 0.15) is 5.54 Å². The van der Waals surface area contributed by atoms with Gasteiger partial charge in [-0.05, 0) is 18.2 Å². The maximum Gasteiger partial charge on any atom is 0.329 e. The van der Waals surface area contributed by atoms with Crippen molar-refractivity contribution in [1.82, 2.24) is 5.32 Å². The number of carboxylic acid groups (broad SMARTS) is 1. The van der Waals surface area contributed by atoms with Crippen molar-refractivity contribution in [3.63, 3.8) is 0 Å². The summed E-state index contributed by atoms with van der Waals surface area (Å²) >= 11 is 0. The summed E-state index contributed by atoms with van der Waals surface area (Å²) in [6.07, 6.45) is 0.521. The minimum atomic E-state index is -1.25. The smallest absolute Gasteiger partial charge is 0.329 e. The van der Waals surface area contributed by atoms with Gasteiger partial charge in [0.15, 0.2) is 0 Å². The van der Waals surface area contributed by atoms with E-state index in [-0.39, 0.29) is 12.8 Å². The molecule has 0 aromatic heterocycles. The molecule has 0 spiro atoms. The molecule has 1 saturated heterocycles. The molecule has 6 nitrogen and oxygen atoms in total. The topological polar surface area (TPSA) is 102 Å². The van der Waals surface area contributed by atoms with E-state index < -0.39 is 17.4 Å². The number of aliphatic carboxylic acids is 1. The number of carbonyl (C=O) groups is 2. The first kappa shape index (κ1) is 13.4. The lowest BCUT2D eigenvalue weighted by Crippen LogP contribution is -2.57. The number of hydrogen-bond acceptors (Lipinski definition) is 4. The van der Waals surface area contributed by atoms with Crippen LogP contribution >= 0.6 is 0 Å². The van der Waals surface area contributed by atoms with E-state index in [0.29, 0.717) is 24.5 Å². The largest absolute Gasteiger partial charge is 0.480 e. The van der Waals surface area contributed by atoms with Crippen molar-refractivity contribution in [2.24, 2.45) is 0 Å². The van der Waals surface area contributed by atoms with Crippen LogP contribution < -0.4 is 11.1 Å². The number of amides is 1. The van der Waals surface area contributed by atoms with Crippen LogP contribution in [0.1, 0.15) is 23.2 Å². The molecule has 0 atom stereocenters. The molecule has 19 heavy (non-hydrogen) atoms. The van der Waals surface area contributed by atoms with Gasteiger partial charge in [-0.2, -0.15) is 0 Å². The lowest BCUT2D eigenvalue weighted by molar-refractivity contribution is -0.148. The summed E-state index contributed by atoms with van der Waals surface area (Å²) in [4.78, 5) is 23.5. The minimum absolute atomic E-state index is 0.260. The average Bonchev–Trinajstić information content (AvgIpc) is 2.39. The average molecular weight is 264 g/mol. The van der Waals surface area contributed by atoms with Crippen molar-refractivity contribution in [2.45, 2.75) is 18.4 Å². The van der Waals surface area contributed by atoms with E-state index >= 15 is 0 Å². The predicted octanol–water partition coefficient (Wildman–Crippen LogP) is 0.632. The highest BCUT2D eigenvalue weighted by Crippen LogP contribution is 2.22. The number of carboxylic acids is 1. The predicted molar refractivity (Wildman–Crippen MR) is 68.7 cm³/mol. The third kappa shape index (κ3) is 2.85. The Bertz CT molecular complexity index is 495. The lowest BCUT2D eigenvalue weighted by Gasteiger charge is -2.33. The Morgan fingerprint density at radius 3 is 2.58 bits per heavy atom. The molecule has 6 heteroatoms. The molecule has 1 fully saturated rings. The number of carbonyl (C=O) groups excluding carboxylic acids is 1. The Morgan fingerprint density at radius 2 is 2.00 bits per heavy atom. The van der Waals surface area contributed by atoms with Gasteiger partial charge in [-0.1, -0.05) is 6.07 Å². The Labute approximate surface area is 110 Å². The summed E-state index contributed by atoms with van der Waals surface area (Å²) in [6, 6.07) is 6.44. The van der Waals surface area contributed by atoms with Gasteiger partial charge in [0, 0.05) is 37.3 Å². The number of hydrogen-bond donors (Lipinski definition) is 3. The van der Waals surface area contributed by atoms with Gasteiger partial charge in [-0.3, -0.25) is 4.79 Å². The van der Waals surface area contributed by atoms with E-state index in [1.807, 2.05) is 0 Å². The van der Waals surface area contributed by atoms with Crippen molar-refractivity contribution >= 4 is 17.6 Å². The highest BCUT2D eigenvalue weighted by Gasteiger charge is 2.41. The molecule has 1 aromatic carbocycles. The minimum Gasteiger partial charge on any atom is -0.480 e. The van der Waals surface area contributed by atoms with Crippen LogP contribution in [0.3, 0.4) is 0 Å². The van der Waals surface area contributed by atoms with Gasteiger partial charge < -0.3 is 20.9 Å². The number of nitrogen functional groups attached to an aromatic ring is 1. The van der Waals surface area contributed by atoms with Gasteiger partial charge in [0.05, 0.1) is 0 Å². The van der Waals surface area contributed by atoms with Crippen molar-refractivity contribution in [3.05, 3.63) is 29.8 Å². The fourth-order valence-electron chi connectivity index (χ4n) is 2.08. The zero-order chi connectivity index (χ0) is 13.9. The maximum atomic E-state index is 12.1. The first-order chi connectivity index (χ1) is 9.03. The van der Waals surface area contributed by atoms with Crippen molar-refractivity contribution in [3.8, 4) is 0 Å². The van der Waals surface area contributed by atoms with E-state index in [1.54, 1.807) is 18.2 Å². The molecular formula is C13H16N2O4. The normalized spacial score (nSPS) is 17.7. The summed E-state index contributed by atoms with van der Waals surface area (Å²) in [5, 5.41) is 11.9. The van der Waals surface area contributed by atoms with E-state index in [0.717, 1.165) is 0 Å². The van der Waals surface area contributed by atoms with Gasteiger partial charge in [-0.15, -0.1) is 0 Å². The Morgan fingerprint density at radius 1 is 1.32 bits per heavy atom. The van der Waals surface area contributed by atoms with Crippen LogP contribution in [-0.2, 0) is 9.53 Å². The monoisotopic (exact) mass is 264 g/mol. The molecule has 0 bridgehead atoms. The summed E-state index contributed by atoms with van der Waals surface area (Å²) in [7, 11) is 0. The van der Waals surface area contributed by atoms with Crippen LogP contribution in [0.25, 0.3) is 0 Å². The molecule has 2 rings (SSSR count). The second-order valence-electron chi connectivity index (χ2n) is 4.58. The van der Waals surface area contributed by atoms with Crippen LogP contribution in [0.2, 0.25) is 0 Å². The summed E-state index contributed by atoms with van der Waals surface area (Å²) in [5.41, 5.74) is 5.17. The van der Waals surface area contributed by atoms with E-state index in [9.17, 15) is 14.7 Å². The molecule has 0 radical (unpaired) electrons. The number of anilines is 1. The van der Waals surface area contributed by atoms with Crippen molar-refractivity contribution < 1.29 is 19.4 Å². The zero-order valence-corrected chi connectivity index (χ0v) is 10.4. The molecule has 102 valence electrons. The fourth-order valence-corrected chi connectivity index (χ4v) is 2.08. The lowest BCUT2D eigenvalue weighted by atomic mass is 9.89. The SMILES string of the molecule is Nc1cccc(C(=O)NC2(C(=O)O)CCOCC2)c1. The Kier molecular flexibility index (Phi) is 3.71. The molecule has 4 N–H and O–H groups in total. The summed E-state index contributed by atoms with van der Waals surface area (Å²) in [6.45, 7) is 0.646. The van der Waals surface area contributed by atoms with Crippen LogP contribution in [0.4, 0.5) is 5.69 Å². The first-order valence-corrected chi connectivity index (χ1v) is 6.03. The van der Waals surface area contributed by atoms with E-state index in [2.05, 4.69) is 5.32 Å². The molecule has 1 aliphatic heterocycles. The summed E-state index contributed by atoms with van der Waals surface area (Å²) < 4.78 is 5.15. The Balaban J connectivity index is 2.18. The molecule has 0 unspecified atom stereocenters. The molecule has 1 amide bonds. The quantitative estimate of drug-likeness (QED) is 0.695. The van der Waals surface area contributed by atoms with Crippen LogP contribution in [-0.4, -0.2) is 35.7 Å². The highest BCUT2D eigenvalue weighted by atomic mass is 16.5. The van der Waals surface area contributed by atoms with Crippen LogP contribution in [0, 0.1) is 0 Å². The second-order valence-corrected chi connectivity index (χ2v) is 4.58. The first-order valence-electron chi connectivity index (χ1n) is 6.03. The molecule has 1 heterocycles. The van der Waals surface area contributed by atoms with Gasteiger partial charge >= 0.3 is 5.97 Å². The standard InChI is InChI=1S/C13H16N2O4/c14-10-3-1-2-9(8-10)11(16)15-13(12(17)18)4-6-19-7-5-13/h1-3,8H,4-7,14H2,(H,15,16)(H,17,18). The molecule has 0 aliphatic carbocycles. The van der Waals surface area contributed by atoms with Gasteiger partial charge in [-0.25, -0.2) is 4.79 Å². The van der Waals surface area contributed by atoms with Crippen molar-refractivity contribution in [2.75, 3.05) is 18.9 Å². The van der Waals surface area contributed by atoms with Crippen LogP contribution in [0.15, 0.2) is 24.3 Å². The number of nitrogens with one attached hydrogen (secondary N) is 1. The maximum absolute atomic E-state index is 12.1. The second kappa shape index (κ2) is 5.27. The fraction of sp³-hybridized carbons (Fsp3) is 0.385. The van der Waals surface area contributed by atoms with E-state index in [1.165, 1.54) is 6.07 Å². The molecule has 1 aromatic rings. The van der Waals surface area contributed by atoms with E-state index in [4.69, 9.17) is 10.5 Å². The Hall–Kier alpha value is -2.08. The number of ether oxygens (including phenoxy) is 1. The van der Waals surface area contributed by atoms with Gasteiger partial charge in [0.25, 0.3) is 5.91 Å². The van der Waals surface area contributed by atoms with Crippen LogP contribution in [0.5, 0.6) is 0 Å². The number of nitrogens with two attached hydrogens (primary N) is 1. The molecular weight excluding hydrogens is 248 g/mol. The third-order valence-corrected chi connectivity index (χ3v) is 3.26. The van der Waals surface area contributed by atoms with Gasteiger partial charge in [0.2, 0.25) is 0 Å². The molecule has 1 aliphatic rings. The highest BCUT2D eigenvalue weighted by molar-refractivity contribution is 5.98.